The molecule has 9 nitrogen and oxygen atoms in total. The lowest BCUT2D eigenvalue weighted by Gasteiger charge is -2.14. The standard InChI is InChI=1S/C28H29BrClN3O6/c1-5-37-23-10-8-19(13-24(23)38-6-2)28(35)33-31-15-18-11-21(29)27(25(12-18)36-4)39-16-26(34)32-20-9-7-17(3)22(30)14-20/h7-15H,5-6,16H2,1-4H3,(H,32,34)(H,33,35)/b31-15+. The molecule has 0 saturated carbocycles. The van der Waals surface area contributed by atoms with Crippen molar-refractivity contribution in [3.8, 4) is 23.0 Å². The predicted octanol–water partition coefficient (Wildman–Crippen LogP) is 6.00. The lowest BCUT2D eigenvalue weighted by Crippen LogP contribution is -2.20. The third-order valence-corrected chi connectivity index (χ3v) is 6.24. The second kappa shape index (κ2) is 14.4. The Bertz CT molecular complexity index is 1370. The van der Waals surface area contributed by atoms with Crippen molar-refractivity contribution in [1.29, 1.82) is 0 Å². The van der Waals surface area contributed by atoms with E-state index in [1.807, 2.05) is 26.8 Å². The van der Waals surface area contributed by atoms with Gasteiger partial charge >= 0.3 is 0 Å². The average molecular weight is 619 g/mol. The van der Waals surface area contributed by atoms with Gasteiger partial charge in [0.05, 0.1) is 31.0 Å². The van der Waals surface area contributed by atoms with Gasteiger partial charge in [-0.15, -0.1) is 0 Å². The zero-order valence-corrected chi connectivity index (χ0v) is 24.3. The molecule has 11 heteroatoms. The van der Waals surface area contributed by atoms with Gasteiger partial charge in [-0.05, 0) is 90.3 Å². The Balaban J connectivity index is 1.64. The van der Waals surface area contributed by atoms with Crippen LogP contribution < -0.4 is 29.7 Å². The summed E-state index contributed by atoms with van der Waals surface area (Å²) in [6.45, 7) is 6.27. The van der Waals surface area contributed by atoms with Crippen LogP contribution in [0.1, 0.15) is 35.3 Å². The fourth-order valence-corrected chi connectivity index (χ4v) is 4.14. The number of ether oxygens (including phenoxy) is 4. The Morgan fingerprint density at radius 1 is 0.974 bits per heavy atom. The van der Waals surface area contributed by atoms with Gasteiger partial charge in [0.15, 0.2) is 29.6 Å². The molecule has 0 heterocycles. The smallest absolute Gasteiger partial charge is 0.271 e. The van der Waals surface area contributed by atoms with Crippen LogP contribution >= 0.6 is 27.5 Å². The van der Waals surface area contributed by atoms with Crippen LogP contribution in [0.2, 0.25) is 5.02 Å². The zero-order chi connectivity index (χ0) is 28.4. The Hall–Kier alpha value is -3.76. The Kier molecular flexibility index (Phi) is 11.0. The second-order valence-corrected chi connectivity index (χ2v) is 9.32. The maximum absolute atomic E-state index is 12.6. The van der Waals surface area contributed by atoms with Crippen molar-refractivity contribution in [2.24, 2.45) is 5.10 Å². The molecule has 0 saturated heterocycles. The molecule has 2 amide bonds. The lowest BCUT2D eigenvalue weighted by molar-refractivity contribution is -0.118. The first-order valence-corrected chi connectivity index (χ1v) is 13.2. The Morgan fingerprint density at radius 2 is 1.72 bits per heavy atom. The fourth-order valence-electron chi connectivity index (χ4n) is 3.38. The average Bonchev–Trinajstić information content (AvgIpc) is 2.91. The first kappa shape index (κ1) is 29.8. The summed E-state index contributed by atoms with van der Waals surface area (Å²) >= 11 is 9.56. The molecule has 0 fully saturated rings. The third kappa shape index (κ3) is 8.36. The van der Waals surface area contributed by atoms with Crippen LogP contribution in [0.4, 0.5) is 5.69 Å². The van der Waals surface area contributed by atoms with Crippen molar-refractivity contribution in [1.82, 2.24) is 5.43 Å². The van der Waals surface area contributed by atoms with E-state index >= 15 is 0 Å². The van der Waals surface area contributed by atoms with Crippen molar-refractivity contribution < 1.29 is 28.5 Å². The van der Waals surface area contributed by atoms with Crippen LogP contribution in [0.25, 0.3) is 0 Å². The SMILES string of the molecule is CCOc1ccc(C(=O)N/N=C/c2cc(Br)c(OCC(=O)Nc3ccc(C)c(Cl)c3)c(OC)c2)cc1OCC. The number of hydrogen-bond donors (Lipinski definition) is 2. The molecule has 2 N–H and O–H groups in total. The highest BCUT2D eigenvalue weighted by atomic mass is 79.9. The maximum Gasteiger partial charge on any atom is 0.271 e. The number of carbonyl (C=O) groups excluding carboxylic acids is 2. The van der Waals surface area contributed by atoms with Crippen LogP contribution in [0.5, 0.6) is 23.0 Å². The minimum Gasteiger partial charge on any atom is -0.493 e. The van der Waals surface area contributed by atoms with Gasteiger partial charge in [-0.25, -0.2) is 5.43 Å². The van der Waals surface area contributed by atoms with Gasteiger partial charge in [0.1, 0.15) is 0 Å². The van der Waals surface area contributed by atoms with Crippen molar-refractivity contribution in [3.63, 3.8) is 0 Å². The molecule has 39 heavy (non-hydrogen) atoms. The molecular formula is C28H29BrClN3O6. The molecule has 0 aliphatic rings. The molecule has 0 spiro atoms. The number of nitrogens with one attached hydrogen (secondary N) is 2. The van der Waals surface area contributed by atoms with Gasteiger partial charge in [-0.1, -0.05) is 17.7 Å². The summed E-state index contributed by atoms with van der Waals surface area (Å²) in [6, 6.07) is 13.6. The fraction of sp³-hybridized carbons (Fsp3) is 0.250. The zero-order valence-electron chi connectivity index (χ0n) is 22.0. The normalized spacial score (nSPS) is 10.7. The summed E-state index contributed by atoms with van der Waals surface area (Å²) in [5.74, 6) is 0.984. The molecule has 0 aliphatic heterocycles. The predicted molar refractivity (Wildman–Crippen MR) is 155 cm³/mol. The number of aryl methyl sites for hydroxylation is 1. The maximum atomic E-state index is 12.6. The van der Waals surface area contributed by atoms with Gasteiger partial charge in [0, 0.05) is 16.3 Å². The molecule has 0 aliphatic carbocycles. The first-order chi connectivity index (χ1) is 18.7. The number of hydrogen-bond acceptors (Lipinski definition) is 7. The number of carbonyl (C=O) groups is 2. The van der Waals surface area contributed by atoms with E-state index in [0.717, 1.165) is 5.56 Å². The largest absolute Gasteiger partial charge is 0.493 e. The Morgan fingerprint density at radius 3 is 2.41 bits per heavy atom. The van der Waals surface area contributed by atoms with Crippen molar-refractivity contribution >= 4 is 51.2 Å². The summed E-state index contributed by atoms with van der Waals surface area (Å²) in [5.41, 5.74) is 4.96. The summed E-state index contributed by atoms with van der Waals surface area (Å²) in [4.78, 5) is 25.0. The number of benzene rings is 3. The van der Waals surface area contributed by atoms with E-state index in [0.29, 0.717) is 62.5 Å². The van der Waals surface area contributed by atoms with E-state index in [1.165, 1.54) is 13.3 Å². The van der Waals surface area contributed by atoms with E-state index < -0.39 is 5.91 Å². The minimum absolute atomic E-state index is 0.254. The molecule has 3 aromatic rings. The summed E-state index contributed by atoms with van der Waals surface area (Å²) < 4.78 is 22.8. The number of rotatable bonds is 12. The van der Waals surface area contributed by atoms with E-state index in [1.54, 1.807) is 42.5 Å². The van der Waals surface area contributed by atoms with Crippen LogP contribution in [-0.2, 0) is 4.79 Å². The van der Waals surface area contributed by atoms with Crippen LogP contribution in [0, 0.1) is 6.92 Å². The van der Waals surface area contributed by atoms with Gasteiger partial charge in [0.2, 0.25) is 0 Å². The Labute approximate surface area is 240 Å². The molecule has 3 rings (SSSR count). The van der Waals surface area contributed by atoms with Crippen molar-refractivity contribution in [3.05, 3.63) is 74.7 Å². The summed E-state index contributed by atoms with van der Waals surface area (Å²) in [7, 11) is 1.48. The summed E-state index contributed by atoms with van der Waals surface area (Å²) in [5, 5.41) is 7.34. The minimum atomic E-state index is -0.415. The molecule has 0 unspecified atom stereocenters. The van der Waals surface area contributed by atoms with Gasteiger partial charge in [-0.2, -0.15) is 5.10 Å². The number of anilines is 1. The molecule has 0 aromatic heterocycles. The van der Waals surface area contributed by atoms with Crippen LogP contribution in [0.3, 0.4) is 0 Å². The summed E-state index contributed by atoms with van der Waals surface area (Å²) in [6.07, 6.45) is 1.46. The van der Waals surface area contributed by atoms with Gasteiger partial charge in [-0.3, -0.25) is 9.59 Å². The molecule has 3 aromatic carbocycles. The molecule has 0 atom stereocenters. The van der Waals surface area contributed by atoms with E-state index in [-0.39, 0.29) is 12.5 Å². The van der Waals surface area contributed by atoms with Crippen molar-refractivity contribution in [2.75, 3.05) is 32.2 Å². The molecule has 0 bridgehead atoms. The van der Waals surface area contributed by atoms with Gasteiger partial charge < -0.3 is 24.3 Å². The number of amides is 2. The highest BCUT2D eigenvalue weighted by molar-refractivity contribution is 9.10. The van der Waals surface area contributed by atoms with Crippen LogP contribution in [-0.4, -0.2) is 45.0 Å². The van der Waals surface area contributed by atoms with Crippen LogP contribution in [0.15, 0.2) is 58.1 Å². The second-order valence-electron chi connectivity index (χ2n) is 8.06. The molecule has 0 radical (unpaired) electrons. The number of halogens is 2. The lowest BCUT2D eigenvalue weighted by atomic mass is 10.2. The van der Waals surface area contributed by atoms with E-state index in [4.69, 9.17) is 30.5 Å². The quantitative estimate of drug-likeness (QED) is 0.191. The van der Waals surface area contributed by atoms with E-state index in [9.17, 15) is 9.59 Å². The van der Waals surface area contributed by atoms with E-state index in [2.05, 4.69) is 31.8 Å². The highest BCUT2D eigenvalue weighted by Crippen LogP contribution is 2.36. The number of methoxy groups -OCH3 is 1. The highest BCUT2D eigenvalue weighted by Gasteiger charge is 2.15. The topological polar surface area (TPSA) is 107 Å². The first-order valence-electron chi connectivity index (χ1n) is 12.0. The van der Waals surface area contributed by atoms with Crippen molar-refractivity contribution in [2.45, 2.75) is 20.8 Å². The molecular weight excluding hydrogens is 590 g/mol. The number of nitrogens with zero attached hydrogens (tertiary/aromatic N) is 1. The van der Waals surface area contributed by atoms with Gasteiger partial charge in [0.25, 0.3) is 11.8 Å². The molecule has 206 valence electrons. The monoisotopic (exact) mass is 617 g/mol. The third-order valence-electron chi connectivity index (χ3n) is 5.24. The number of hydrazone groups is 1.